The molecule has 0 aromatic rings. The maximum absolute atomic E-state index is 11.1. The average molecular weight is 413 g/mol. The molecule has 0 bridgehead atoms. The molecule has 2 aliphatic heterocycles. The highest BCUT2D eigenvalue weighted by Crippen LogP contribution is 2.42. The lowest BCUT2D eigenvalue weighted by molar-refractivity contribution is -0.190. The highest BCUT2D eigenvalue weighted by Gasteiger charge is 2.55. The molecule has 28 heavy (non-hydrogen) atoms. The van der Waals surface area contributed by atoms with Gasteiger partial charge in [-0.15, -0.1) is 0 Å². The summed E-state index contributed by atoms with van der Waals surface area (Å²) in [6.45, 7) is 15.6. The van der Waals surface area contributed by atoms with Crippen LogP contribution in [0, 0.1) is 11.8 Å². The van der Waals surface area contributed by atoms with Crippen LogP contribution in [-0.2, 0) is 28.2 Å². The molecule has 0 radical (unpaired) electrons. The summed E-state index contributed by atoms with van der Waals surface area (Å²) in [5.41, 5.74) is 0. The molecule has 0 saturated carbocycles. The van der Waals surface area contributed by atoms with Crippen molar-refractivity contribution in [2.75, 3.05) is 13.7 Å². The number of fused-ring (bicyclic) bond motifs is 1. The van der Waals surface area contributed by atoms with E-state index in [1.165, 1.54) is 7.11 Å². The maximum Gasteiger partial charge on any atom is 0.384 e. The lowest BCUT2D eigenvalue weighted by Crippen LogP contribution is -2.44. The Hall–Kier alpha value is -0.913. The maximum atomic E-state index is 11.1. The molecular weight excluding hydrogens is 376 g/mol. The van der Waals surface area contributed by atoms with Gasteiger partial charge in [0.15, 0.2) is 14.1 Å². The monoisotopic (exact) mass is 412 g/mol. The first kappa shape index (κ1) is 23.4. The zero-order valence-corrected chi connectivity index (χ0v) is 19.6. The first-order valence-electron chi connectivity index (χ1n) is 10.1. The van der Waals surface area contributed by atoms with Gasteiger partial charge in [-0.1, -0.05) is 26.7 Å². The largest absolute Gasteiger partial charge is 0.459 e. The molecule has 6 nitrogen and oxygen atoms in total. The van der Waals surface area contributed by atoms with Crippen LogP contribution in [0.5, 0.6) is 0 Å². The van der Waals surface area contributed by atoms with E-state index >= 15 is 0 Å². The Morgan fingerprint density at radius 1 is 1.14 bits per heavy atom. The standard InChI is InChI=1S/C21H36O6Si/c1-20(2,3)28(7,8)24-14-16-19-18(26-21(4,5)27-19)15(25-16)12-10-9-11-13-17(22)23-6/h15-16,18-19H,9-10,12,14H2,1-8H3/t15-,16-,18+,19-/m1/s1. The summed E-state index contributed by atoms with van der Waals surface area (Å²) >= 11 is 0. The smallest absolute Gasteiger partial charge is 0.384 e. The third-order valence-corrected chi connectivity index (χ3v) is 10.3. The molecular formula is C21H36O6Si. The third-order valence-electron chi connectivity index (χ3n) is 5.83. The highest BCUT2D eigenvalue weighted by molar-refractivity contribution is 6.74. The van der Waals surface area contributed by atoms with Crippen molar-refractivity contribution in [1.29, 1.82) is 0 Å². The minimum absolute atomic E-state index is 0.0558. The van der Waals surface area contributed by atoms with Gasteiger partial charge >= 0.3 is 5.97 Å². The summed E-state index contributed by atoms with van der Waals surface area (Å²) in [6, 6.07) is 0. The molecule has 160 valence electrons. The number of hydrogen-bond acceptors (Lipinski definition) is 6. The number of esters is 1. The number of hydrogen-bond donors (Lipinski definition) is 0. The second-order valence-electron chi connectivity index (χ2n) is 9.53. The van der Waals surface area contributed by atoms with Gasteiger partial charge in [-0.05, 0) is 44.8 Å². The Balaban J connectivity index is 1.95. The zero-order valence-electron chi connectivity index (χ0n) is 18.6. The van der Waals surface area contributed by atoms with Crippen molar-refractivity contribution in [3.63, 3.8) is 0 Å². The quantitative estimate of drug-likeness (QED) is 0.218. The van der Waals surface area contributed by atoms with Crippen LogP contribution in [-0.4, -0.2) is 58.2 Å². The molecule has 4 atom stereocenters. The van der Waals surface area contributed by atoms with Crippen LogP contribution in [0.2, 0.25) is 18.1 Å². The fourth-order valence-electron chi connectivity index (χ4n) is 3.22. The number of unbranched alkanes of at least 4 members (excludes halogenated alkanes) is 1. The van der Waals surface area contributed by atoms with Crippen molar-refractivity contribution in [2.45, 2.75) is 102 Å². The Bertz CT molecular complexity index is 613. The highest BCUT2D eigenvalue weighted by atomic mass is 28.4. The minimum atomic E-state index is -1.86. The number of carbonyl (C=O) groups is 1. The van der Waals surface area contributed by atoms with Crippen LogP contribution in [0.4, 0.5) is 0 Å². The summed E-state index contributed by atoms with van der Waals surface area (Å²) < 4.78 is 29.5. The summed E-state index contributed by atoms with van der Waals surface area (Å²) in [4.78, 5) is 11.1. The number of methoxy groups -OCH3 is 1. The van der Waals surface area contributed by atoms with Crippen molar-refractivity contribution >= 4 is 14.3 Å². The number of rotatable bonds is 6. The molecule has 2 heterocycles. The molecule has 0 aromatic heterocycles. The molecule has 2 saturated heterocycles. The molecule has 2 fully saturated rings. The van der Waals surface area contributed by atoms with Gasteiger partial charge in [0.1, 0.15) is 18.3 Å². The second kappa shape index (κ2) is 8.84. The van der Waals surface area contributed by atoms with Crippen LogP contribution < -0.4 is 0 Å². The van der Waals surface area contributed by atoms with E-state index in [0.717, 1.165) is 12.8 Å². The zero-order chi connectivity index (χ0) is 21.2. The second-order valence-corrected chi connectivity index (χ2v) is 14.3. The summed E-state index contributed by atoms with van der Waals surface area (Å²) in [7, 11) is -0.535. The van der Waals surface area contributed by atoms with E-state index in [-0.39, 0.29) is 29.5 Å². The molecule has 0 amide bonds. The first-order valence-corrected chi connectivity index (χ1v) is 13.0. The topological polar surface area (TPSA) is 63.2 Å². The van der Waals surface area contributed by atoms with E-state index in [4.69, 9.17) is 18.6 Å². The molecule has 0 spiro atoms. The Kier molecular flexibility index (Phi) is 7.38. The van der Waals surface area contributed by atoms with E-state index in [9.17, 15) is 4.79 Å². The predicted octanol–water partition coefficient (Wildman–Crippen LogP) is 3.64. The predicted molar refractivity (Wildman–Crippen MR) is 109 cm³/mol. The van der Waals surface area contributed by atoms with Crippen LogP contribution >= 0.6 is 0 Å². The van der Waals surface area contributed by atoms with Gasteiger partial charge in [0, 0.05) is 12.3 Å². The van der Waals surface area contributed by atoms with E-state index in [0.29, 0.717) is 13.0 Å². The van der Waals surface area contributed by atoms with Gasteiger partial charge in [-0.2, -0.15) is 0 Å². The van der Waals surface area contributed by atoms with E-state index in [2.05, 4.69) is 50.4 Å². The fourth-order valence-corrected chi connectivity index (χ4v) is 4.24. The van der Waals surface area contributed by atoms with Gasteiger partial charge in [-0.3, -0.25) is 0 Å². The average Bonchev–Trinajstić information content (AvgIpc) is 3.05. The van der Waals surface area contributed by atoms with E-state index in [1.807, 2.05) is 13.8 Å². The summed E-state index contributed by atoms with van der Waals surface area (Å²) in [5.74, 6) is 4.17. The van der Waals surface area contributed by atoms with E-state index < -0.39 is 20.1 Å². The van der Waals surface area contributed by atoms with Crippen LogP contribution in [0.3, 0.4) is 0 Å². The van der Waals surface area contributed by atoms with Crippen LogP contribution in [0.15, 0.2) is 0 Å². The summed E-state index contributed by atoms with van der Waals surface area (Å²) in [6.07, 6.45) is 1.82. The molecule has 0 aliphatic carbocycles. The Labute approximate surface area is 170 Å². The lowest BCUT2D eigenvalue weighted by atomic mass is 10.0. The van der Waals surface area contributed by atoms with Gasteiger partial charge < -0.3 is 23.4 Å². The summed E-state index contributed by atoms with van der Waals surface area (Å²) in [5, 5.41) is 0.148. The third kappa shape index (κ3) is 5.80. The van der Waals surface area contributed by atoms with Crippen LogP contribution in [0.1, 0.15) is 53.9 Å². The van der Waals surface area contributed by atoms with Crippen molar-refractivity contribution in [2.24, 2.45) is 0 Å². The molecule has 0 aromatic carbocycles. The molecule has 2 aliphatic rings. The van der Waals surface area contributed by atoms with Crippen molar-refractivity contribution in [3.8, 4) is 11.8 Å². The molecule has 0 N–H and O–H groups in total. The van der Waals surface area contributed by atoms with Gasteiger partial charge in [-0.25, -0.2) is 4.79 Å². The van der Waals surface area contributed by atoms with Gasteiger partial charge in [0.25, 0.3) is 0 Å². The number of carbonyl (C=O) groups excluding carboxylic acids is 1. The SMILES string of the molecule is COC(=O)C#CCCC[C@H]1O[C@H](CO[Si](C)(C)C(C)(C)C)[C@H]2OC(C)(C)O[C@H]21. The van der Waals surface area contributed by atoms with Crippen molar-refractivity contribution in [1.82, 2.24) is 0 Å². The van der Waals surface area contributed by atoms with Gasteiger partial charge in [0.05, 0.1) is 19.8 Å². The fraction of sp³-hybridized carbons (Fsp3) is 0.857. The number of ether oxygens (including phenoxy) is 4. The Morgan fingerprint density at radius 3 is 2.32 bits per heavy atom. The molecule has 0 unspecified atom stereocenters. The minimum Gasteiger partial charge on any atom is -0.459 e. The van der Waals surface area contributed by atoms with Crippen molar-refractivity contribution < 1.29 is 28.2 Å². The Morgan fingerprint density at radius 2 is 1.75 bits per heavy atom. The normalized spacial score (nSPS) is 29.1. The molecule has 2 rings (SSSR count). The van der Waals surface area contributed by atoms with Crippen LogP contribution in [0.25, 0.3) is 0 Å². The van der Waals surface area contributed by atoms with E-state index in [1.54, 1.807) is 0 Å². The molecule has 7 heteroatoms. The first-order chi connectivity index (χ1) is 12.9. The lowest BCUT2D eigenvalue weighted by Gasteiger charge is -2.37. The van der Waals surface area contributed by atoms with Gasteiger partial charge in [0.2, 0.25) is 0 Å². The van der Waals surface area contributed by atoms with Crippen molar-refractivity contribution in [3.05, 3.63) is 0 Å².